The van der Waals surface area contributed by atoms with Gasteiger partial charge >= 0.3 is 5.97 Å². The molecule has 19 heavy (non-hydrogen) atoms. The molecular weight excluding hydrogens is 246 g/mol. The van der Waals surface area contributed by atoms with E-state index in [0.717, 1.165) is 11.9 Å². The lowest BCUT2D eigenvalue weighted by molar-refractivity contribution is -0.134. The fourth-order valence-electron chi connectivity index (χ4n) is 1.30. The van der Waals surface area contributed by atoms with E-state index >= 15 is 0 Å². The van der Waals surface area contributed by atoms with E-state index in [2.05, 4.69) is 15.3 Å². The van der Waals surface area contributed by atoms with Crippen LogP contribution in [0.15, 0.2) is 29.4 Å². The van der Waals surface area contributed by atoms with Crippen LogP contribution >= 0.6 is 0 Å². The minimum atomic E-state index is -0.592. The number of nitrogens with zero attached hydrogens (tertiary/aromatic N) is 2. The van der Waals surface area contributed by atoms with E-state index in [1.54, 1.807) is 19.1 Å². The van der Waals surface area contributed by atoms with Crippen molar-refractivity contribution in [2.75, 3.05) is 25.6 Å². The summed E-state index contributed by atoms with van der Waals surface area (Å²) in [6, 6.07) is 7.02. The van der Waals surface area contributed by atoms with E-state index in [4.69, 9.17) is 0 Å². The first-order valence-corrected chi connectivity index (χ1v) is 5.82. The maximum atomic E-state index is 11.7. The molecule has 0 bridgehead atoms. The average Bonchev–Trinajstić information content (AvgIpc) is 2.39. The lowest BCUT2D eigenvalue weighted by Gasteiger charge is -2.12. The van der Waals surface area contributed by atoms with Gasteiger partial charge in [-0.3, -0.25) is 4.79 Å². The van der Waals surface area contributed by atoms with Crippen molar-refractivity contribution in [2.24, 2.45) is 5.10 Å². The van der Waals surface area contributed by atoms with Gasteiger partial charge in [-0.2, -0.15) is 5.10 Å². The predicted molar refractivity (Wildman–Crippen MR) is 73.4 cm³/mol. The summed E-state index contributed by atoms with van der Waals surface area (Å²) < 4.78 is 4.63. The van der Waals surface area contributed by atoms with Crippen molar-refractivity contribution >= 4 is 23.8 Å². The zero-order chi connectivity index (χ0) is 14.3. The van der Waals surface area contributed by atoms with Gasteiger partial charge in [0, 0.05) is 25.3 Å². The number of ether oxygens (including phenoxy) is 1. The maximum absolute atomic E-state index is 11.7. The number of rotatable bonds is 5. The highest BCUT2D eigenvalue weighted by Gasteiger charge is 2.04. The standard InChI is InChI=1S/C13H17N3O3/c1-4-19-12(17)9-14-15-13(18)10-5-7-11(8-6-10)16(2)3/h5-9H,4H2,1-3H3,(H,15,18)/b14-9+. The molecule has 0 spiro atoms. The number of esters is 1. The molecule has 0 saturated heterocycles. The Balaban J connectivity index is 2.56. The SMILES string of the molecule is CCOC(=O)/C=N/NC(=O)c1ccc(N(C)C)cc1. The summed E-state index contributed by atoms with van der Waals surface area (Å²) in [5, 5.41) is 3.51. The fourth-order valence-corrected chi connectivity index (χ4v) is 1.30. The van der Waals surface area contributed by atoms with Crippen LogP contribution in [0.4, 0.5) is 5.69 Å². The normalized spacial score (nSPS) is 10.3. The van der Waals surface area contributed by atoms with Gasteiger partial charge in [0.2, 0.25) is 0 Å². The minimum Gasteiger partial charge on any atom is -0.462 e. The quantitative estimate of drug-likeness (QED) is 0.489. The number of carbonyl (C=O) groups excluding carboxylic acids is 2. The summed E-state index contributed by atoms with van der Waals surface area (Å²) in [6.45, 7) is 1.96. The summed E-state index contributed by atoms with van der Waals surface area (Å²) in [7, 11) is 3.83. The second-order valence-electron chi connectivity index (χ2n) is 3.89. The molecule has 0 heterocycles. The second kappa shape index (κ2) is 7.15. The molecule has 6 heteroatoms. The first-order chi connectivity index (χ1) is 9.04. The number of anilines is 1. The first-order valence-electron chi connectivity index (χ1n) is 5.82. The van der Waals surface area contributed by atoms with Crippen molar-refractivity contribution in [2.45, 2.75) is 6.92 Å². The van der Waals surface area contributed by atoms with E-state index in [9.17, 15) is 9.59 Å². The van der Waals surface area contributed by atoms with Crippen LogP contribution in [0.2, 0.25) is 0 Å². The van der Waals surface area contributed by atoms with Crippen molar-refractivity contribution in [1.82, 2.24) is 5.43 Å². The topological polar surface area (TPSA) is 71.0 Å². The smallest absolute Gasteiger partial charge is 0.351 e. The van der Waals surface area contributed by atoms with Crippen LogP contribution in [0, 0.1) is 0 Å². The molecule has 6 nitrogen and oxygen atoms in total. The highest BCUT2D eigenvalue weighted by atomic mass is 16.5. The molecule has 0 aliphatic rings. The van der Waals surface area contributed by atoms with Crippen molar-refractivity contribution in [3.63, 3.8) is 0 Å². The third-order valence-electron chi connectivity index (χ3n) is 2.27. The Morgan fingerprint density at radius 3 is 2.47 bits per heavy atom. The molecule has 1 N–H and O–H groups in total. The molecule has 102 valence electrons. The maximum Gasteiger partial charge on any atom is 0.351 e. The zero-order valence-electron chi connectivity index (χ0n) is 11.2. The Morgan fingerprint density at radius 1 is 1.32 bits per heavy atom. The third kappa shape index (κ3) is 4.79. The molecule has 0 aliphatic heterocycles. The molecule has 1 aromatic rings. The van der Waals surface area contributed by atoms with Crippen LogP contribution in [0.3, 0.4) is 0 Å². The van der Waals surface area contributed by atoms with Crippen molar-refractivity contribution in [3.8, 4) is 0 Å². The van der Waals surface area contributed by atoms with Crippen LogP contribution in [0.5, 0.6) is 0 Å². The van der Waals surface area contributed by atoms with Gasteiger partial charge in [-0.15, -0.1) is 0 Å². The largest absolute Gasteiger partial charge is 0.462 e. The van der Waals surface area contributed by atoms with Gasteiger partial charge in [-0.05, 0) is 31.2 Å². The van der Waals surface area contributed by atoms with Crippen LogP contribution in [0.25, 0.3) is 0 Å². The number of benzene rings is 1. The molecular formula is C13H17N3O3. The van der Waals surface area contributed by atoms with Gasteiger partial charge in [0.05, 0.1) is 6.61 Å². The fraction of sp³-hybridized carbons (Fsp3) is 0.308. The molecule has 0 aromatic heterocycles. The third-order valence-corrected chi connectivity index (χ3v) is 2.27. The van der Waals surface area contributed by atoms with Gasteiger partial charge in [0.25, 0.3) is 5.91 Å². The minimum absolute atomic E-state index is 0.269. The summed E-state index contributed by atoms with van der Waals surface area (Å²) in [5.74, 6) is -0.975. The van der Waals surface area contributed by atoms with Gasteiger partial charge in [0.1, 0.15) is 6.21 Å². The van der Waals surface area contributed by atoms with Crippen molar-refractivity contribution in [3.05, 3.63) is 29.8 Å². The van der Waals surface area contributed by atoms with Gasteiger partial charge in [-0.1, -0.05) is 0 Å². The Hall–Kier alpha value is -2.37. The van der Waals surface area contributed by atoms with Crippen LogP contribution in [0.1, 0.15) is 17.3 Å². The molecule has 0 atom stereocenters. The predicted octanol–water partition coefficient (Wildman–Crippen LogP) is 1.03. The lowest BCUT2D eigenvalue weighted by Crippen LogP contribution is -2.19. The number of hydrogen-bond donors (Lipinski definition) is 1. The molecule has 0 aliphatic carbocycles. The summed E-state index contributed by atoms with van der Waals surface area (Å²) in [5.41, 5.74) is 3.71. The number of hydrazone groups is 1. The Kier molecular flexibility index (Phi) is 5.53. The number of hydrogen-bond acceptors (Lipinski definition) is 5. The summed E-state index contributed by atoms with van der Waals surface area (Å²) in [4.78, 5) is 24.6. The monoisotopic (exact) mass is 263 g/mol. The number of nitrogens with one attached hydrogen (secondary N) is 1. The molecule has 0 fully saturated rings. The summed E-state index contributed by atoms with van der Waals surface area (Å²) in [6.07, 6.45) is 0.926. The van der Waals surface area contributed by atoms with E-state index < -0.39 is 5.97 Å². The van der Waals surface area contributed by atoms with Gasteiger partial charge < -0.3 is 9.64 Å². The molecule has 1 aromatic carbocycles. The Bertz CT molecular complexity index is 467. The van der Waals surface area contributed by atoms with Crippen LogP contribution < -0.4 is 10.3 Å². The molecule has 1 amide bonds. The highest BCUT2D eigenvalue weighted by Crippen LogP contribution is 2.11. The summed E-state index contributed by atoms with van der Waals surface area (Å²) >= 11 is 0. The van der Waals surface area contributed by atoms with Crippen LogP contribution in [-0.2, 0) is 9.53 Å². The molecule has 0 unspecified atom stereocenters. The molecule has 1 rings (SSSR count). The first kappa shape index (κ1) is 14.7. The van der Waals surface area contributed by atoms with Crippen molar-refractivity contribution < 1.29 is 14.3 Å². The average molecular weight is 263 g/mol. The Morgan fingerprint density at radius 2 is 1.95 bits per heavy atom. The van der Waals surface area contributed by atoms with E-state index in [0.29, 0.717) is 5.56 Å². The lowest BCUT2D eigenvalue weighted by atomic mass is 10.2. The van der Waals surface area contributed by atoms with Gasteiger partial charge in [0.15, 0.2) is 0 Å². The van der Waals surface area contributed by atoms with Crippen LogP contribution in [-0.4, -0.2) is 38.8 Å². The van der Waals surface area contributed by atoms with Crippen molar-refractivity contribution in [1.29, 1.82) is 0 Å². The second-order valence-corrected chi connectivity index (χ2v) is 3.89. The molecule has 0 radical (unpaired) electrons. The highest BCUT2D eigenvalue weighted by molar-refractivity contribution is 6.23. The Labute approximate surface area is 112 Å². The van der Waals surface area contributed by atoms with E-state index in [1.165, 1.54) is 0 Å². The number of amides is 1. The van der Waals surface area contributed by atoms with Gasteiger partial charge in [-0.25, -0.2) is 10.2 Å². The number of carbonyl (C=O) groups is 2. The van der Waals surface area contributed by atoms with E-state index in [1.807, 2.05) is 31.1 Å². The molecule has 0 saturated carbocycles. The zero-order valence-corrected chi connectivity index (χ0v) is 11.2. The van der Waals surface area contributed by atoms with E-state index in [-0.39, 0.29) is 12.5 Å².